The van der Waals surface area contributed by atoms with Crippen LogP contribution < -0.4 is 10.6 Å². The fourth-order valence-electron chi connectivity index (χ4n) is 3.99. The average Bonchev–Trinajstić information content (AvgIpc) is 3.27. The van der Waals surface area contributed by atoms with E-state index in [0.717, 1.165) is 30.9 Å². The van der Waals surface area contributed by atoms with Crippen molar-refractivity contribution in [3.63, 3.8) is 0 Å². The van der Waals surface area contributed by atoms with Crippen LogP contribution in [0.5, 0.6) is 0 Å². The first-order valence-electron chi connectivity index (χ1n) is 11.0. The summed E-state index contributed by atoms with van der Waals surface area (Å²) in [6.45, 7) is 4.57. The molecule has 1 fully saturated rings. The third kappa shape index (κ3) is 5.82. The van der Waals surface area contributed by atoms with E-state index >= 15 is 0 Å². The highest BCUT2D eigenvalue weighted by Crippen LogP contribution is 2.10. The molecular weight excluding hydrogens is 400 g/mol. The number of piperazine rings is 1. The van der Waals surface area contributed by atoms with E-state index in [9.17, 15) is 4.79 Å². The first kappa shape index (κ1) is 21.8. The van der Waals surface area contributed by atoms with Crippen LogP contribution in [0.2, 0.25) is 0 Å². The molecular formula is C25H28N6O. The van der Waals surface area contributed by atoms with Crippen molar-refractivity contribution in [1.29, 1.82) is 5.26 Å². The second-order valence-electron chi connectivity index (χ2n) is 8.09. The molecule has 2 heterocycles. The highest BCUT2D eigenvalue weighted by atomic mass is 16.2. The lowest BCUT2D eigenvalue weighted by Gasteiger charge is -2.33. The third-order valence-electron chi connectivity index (χ3n) is 5.74. The van der Waals surface area contributed by atoms with Gasteiger partial charge >= 0.3 is 0 Å². The topological polar surface area (TPSA) is 86.0 Å². The van der Waals surface area contributed by atoms with Crippen LogP contribution in [0.3, 0.4) is 0 Å². The van der Waals surface area contributed by atoms with Crippen LogP contribution >= 0.6 is 0 Å². The summed E-state index contributed by atoms with van der Waals surface area (Å²) in [7, 11) is 0. The Morgan fingerprint density at radius 3 is 2.69 bits per heavy atom. The Balaban J connectivity index is 1.25. The van der Waals surface area contributed by atoms with Gasteiger partial charge in [0.2, 0.25) is 5.91 Å². The van der Waals surface area contributed by atoms with Crippen molar-refractivity contribution < 1.29 is 4.79 Å². The highest BCUT2D eigenvalue weighted by molar-refractivity contribution is 5.82. The molecule has 1 aliphatic rings. The van der Waals surface area contributed by atoms with Gasteiger partial charge in [0, 0.05) is 57.6 Å². The van der Waals surface area contributed by atoms with Crippen LogP contribution in [0.4, 0.5) is 0 Å². The number of hydrogen-bond acceptors (Lipinski definition) is 5. The molecule has 0 bridgehead atoms. The number of nitrogens with zero attached hydrogens (tertiary/aromatic N) is 4. The lowest BCUT2D eigenvalue weighted by Crippen LogP contribution is -2.57. The predicted octanol–water partition coefficient (Wildman–Crippen LogP) is 1.94. The van der Waals surface area contributed by atoms with E-state index in [1.165, 1.54) is 5.56 Å². The molecule has 164 valence electrons. The molecule has 1 unspecified atom stereocenters. The van der Waals surface area contributed by atoms with Crippen molar-refractivity contribution in [2.45, 2.75) is 25.6 Å². The zero-order valence-electron chi connectivity index (χ0n) is 18.1. The standard InChI is InChI=1S/C25H28N6O/c26-14-20-6-8-22(9-7-20)17-31-19-27-15-23(31)10-11-29-25(32)24-18-30(13-12-28-24)16-21-4-2-1-3-5-21/h1-9,15,19,24,28H,10-13,16-18H2,(H,29,32). The highest BCUT2D eigenvalue weighted by Gasteiger charge is 2.25. The maximum Gasteiger partial charge on any atom is 0.238 e. The number of nitriles is 1. The van der Waals surface area contributed by atoms with Gasteiger partial charge in [-0.1, -0.05) is 42.5 Å². The van der Waals surface area contributed by atoms with Crippen LogP contribution in [-0.2, 0) is 24.3 Å². The van der Waals surface area contributed by atoms with Crippen molar-refractivity contribution in [3.05, 3.63) is 89.5 Å². The van der Waals surface area contributed by atoms with E-state index in [1.807, 2.05) is 48.7 Å². The van der Waals surface area contributed by atoms with E-state index in [1.54, 1.807) is 6.33 Å². The van der Waals surface area contributed by atoms with Crippen molar-refractivity contribution >= 4 is 5.91 Å². The number of benzene rings is 2. The normalized spacial score (nSPS) is 16.4. The van der Waals surface area contributed by atoms with Gasteiger partial charge in [0.15, 0.2) is 0 Å². The summed E-state index contributed by atoms with van der Waals surface area (Å²) in [6.07, 6.45) is 4.36. The molecule has 0 saturated carbocycles. The Morgan fingerprint density at radius 2 is 1.91 bits per heavy atom. The molecule has 3 aromatic rings. The number of carbonyl (C=O) groups is 1. The van der Waals surface area contributed by atoms with Gasteiger partial charge in [0.05, 0.1) is 24.0 Å². The molecule has 2 N–H and O–H groups in total. The van der Waals surface area contributed by atoms with E-state index in [-0.39, 0.29) is 11.9 Å². The van der Waals surface area contributed by atoms with Crippen molar-refractivity contribution in [3.8, 4) is 6.07 Å². The minimum Gasteiger partial charge on any atom is -0.354 e. The van der Waals surface area contributed by atoms with Gasteiger partial charge in [0.1, 0.15) is 0 Å². The van der Waals surface area contributed by atoms with Gasteiger partial charge < -0.3 is 15.2 Å². The van der Waals surface area contributed by atoms with Crippen LogP contribution in [0.25, 0.3) is 0 Å². The van der Waals surface area contributed by atoms with Crippen molar-refractivity contribution in [2.24, 2.45) is 0 Å². The van der Waals surface area contributed by atoms with Crippen LogP contribution in [0.15, 0.2) is 67.1 Å². The quantitative estimate of drug-likeness (QED) is 0.573. The smallest absolute Gasteiger partial charge is 0.238 e. The number of rotatable bonds is 8. The molecule has 0 spiro atoms. The monoisotopic (exact) mass is 428 g/mol. The molecule has 32 heavy (non-hydrogen) atoms. The van der Waals surface area contributed by atoms with Gasteiger partial charge in [-0.25, -0.2) is 4.98 Å². The number of nitrogens with one attached hydrogen (secondary N) is 2. The predicted molar refractivity (Wildman–Crippen MR) is 123 cm³/mol. The largest absolute Gasteiger partial charge is 0.354 e. The summed E-state index contributed by atoms with van der Waals surface area (Å²) in [4.78, 5) is 19.3. The van der Waals surface area contributed by atoms with Gasteiger partial charge in [-0.2, -0.15) is 5.26 Å². The summed E-state index contributed by atoms with van der Waals surface area (Å²) in [5.74, 6) is 0.0425. The van der Waals surface area contributed by atoms with Gasteiger partial charge in [-0.05, 0) is 23.3 Å². The number of hydrogen-bond donors (Lipinski definition) is 2. The Kier molecular flexibility index (Phi) is 7.28. The molecule has 1 amide bonds. The first-order chi connectivity index (χ1) is 15.7. The second kappa shape index (κ2) is 10.7. The molecule has 1 atom stereocenters. The lowest BCUT2D eigenvalue weighted by atomic mass is 10.1. The Hall–Kier alpha value is -3.47. The molecule has 7 nitrogen and oxygen atoms in total. The van der Waals surface area contributed by atoms with Crippen molar-refractivity contribution in [2.75, 3.05) is 26.2 Å². The molecule has 1 aromatic heterocycles. The Labute approximate surface area is 188 Å². The number of amides is 1. The van der Waals surface area contributed by atoms with Crippen LogP contribution in [0.1, 0.15) is 22.4 Å². The molecule has 2 aromatic carbocycles. The Morgan fingerprint density at radius 1 is 1.12 bits per heavy atom. The van der Waals surface area contributed by atoms with E-state index in [2.05, 4.69) is 43.3 Å². The fourth-order valence-corrected chi connectivity index (χ4v) is 3.99. The molecule has 1 aliphatic heterocycles. The molecule has 0 radical (unpaired) electrons. The maximum absolute atomic E-state index is 12.7. The zero-order valence-corrected chi connectivity index (χ0v) is 18.1. The van der Waals surface area contributed by atoms with Crippen LogP contribution in [0, 0.1) is 11.3 Å². The summed E-state index contributed by atoms with van der Waals surface area (Å²) in [5, 5.41) is 15.4. The second-order valence-corrected chi connectivity index (χ2v) is 8.09. The molecule has 0 aliphatic carbocycles. The SMILES string of the molecule is N#Cc1ccc(Cn2cncc2CCNC(=O)C2CN(Cc3ccccc3)CCN2)cc1. The maximum atomic E-state index is 12.7. The summed E-state index contributed by atoms with van der Waals surface area (Å²) < 4.78 is 2.08. The fraction of sp³-hybridized carbons (Fsp3) is 0.320. The minimum atomic E-state index is -0.198. The number of imidazole rings is 1. The molecule has 7 heteroatoms. The van der Waals surface area contributed by atoms with E-state index < -0.39 is 0 Å². The lowest BCUT2D eigenvalue weighted by molar-refractivity contribution is -0.124. The van der Waals surface area contributed by atoms with Gasteiger partial charge in [-0.15, -0.1) is 0 Å². The minimum absolute atomic E-state index is 0.0425. The summed E-state index contributed by atoms with van der Waals surface area (Å²) in [6, 6.07) is 19.9. The third-order valence-corrected chi connectivity index (χ3v) is 5.74. The first-order valence-corrected chi connectivity index (χ1v) is 11.0. The van der Waals surface area contributed by atoms with Crippen molar-refractivity contribution in [1.82, 2.24) is 25.1 Å². The zero-order chi connectivity index (χ0) is 22.2. The molecule has 4 rings (SSSR count). The average molecular weight is 429 g/mol. The van der Waals surface area contributed by atoms with Crippen LogP contribution in [-0.4, -0.2) is 52.6 Å². The summed E-state index contributed by atoms with van der Waals surface area (Å²) in [5.41, 5.74) is 4.10. The van der Waals surface area contributed by atoms with E-state index in [0.29, 0.717) is 31.6 Å². The summed E-state index contributed by atoms with van der Waals surface area (Å²) >= 11 is 0. The number of carbonyl (C=O) groups excluding carboxylic acids is 1. The van der Waals surface area contributed by atoms with E-state index in [4.69, 9.17) is 5.26 Å². The number of aromatic nitrogens is 2. The molecule has 1 saturated heterocycles. The van der Waals surface area contributed by atoms with Gasteiger partial charge in [-0.3, -0.25) is 9.69 Å². The Bertz CT molecular complexity index is 1050. The van der Waals surface area contributed by atoms with Gasteiger partial charge in [0.25, 0.3) is 0 Å².